The Kier molecular flexibility index (Phi) is 4.49. The number of halogens is 2. The molecule has 18 heavy (non-hydrogen) atoms. The number of H-pyrrole nitrogens is 1. The minimum atomic E-state index is -0.241. The molecule has 1 unspecified atom stereocenters. The molecular weight excluding hydrogens is 297 g/mol. The van der Waals surface area contributed by atoms with Crippen LogP contribution >= 0.6 is 15.9 Å². The molecule has 2 rings (SSSR count). The Morgan fingerprint density at radius 3 is 3.00 bits per heavy atom. The molecule has 2 aromatic rings. The molecule has 2 N–H and O–H groups in total. The summed E-state index contributed by atoms with van der Waals surface area (Å²) in [6.45, 7) is 2.84. The molecule has 1 heterocycles. The zero-order chi connectivity index (χ0) is 13.0. The average molecular weight is 312 g/mol. The van der Waals surface area contributed by atoms with Gasteiger partial charge in [-0.1, -0.05) is 19.1 Å². The maximum absolute atomic E-state index is 13.6. The van der Waals surface area contributed by atoms with Crippen LogP contribution in [0.5, 0.6) is 0 Å². The molecule has 0 aliphatic carbocycles. The molecule has 0 aliphatic heterocycles. The third kappa shape index (κ3) is 2.97. The molecule has 0 spiro atoms. The fraction of sp³-hybridized carbons (Fsp3) is 0.308. The van der Waals surface area contributed by atoms with Gasteiger partial charge in [0, 0.05) is 24.9 Å². The molecule has 0 bridgehead atoms. The van der Waals surface area contributed by atoms with E-state index < -0.39 is 0 Å². The van der Waals surface area contributed by atoms with Crippen molar-refractivity contribution in [2.45, 2.75) is 19.4 Å². The number of aromatic nitrogens is 2. The summed E-state index contributed by atoms with van der Waals surface area (Å²) in [5.74, 6) is 0.645. The fourth-order valence-electron chi connectivity index (χ4n) is 1.93. The molecule has 96 valence electrons. The molecule has 1 aromatic carbocycles. The normalized spacial score (nSPS) is 12.6. The van der Waals surface area contributed by atoms with Crippen molar-refractivity contribution in [1.82, 2.24) is 15.3 Å². The van der Waals surface area contributed by atoms with E-state index in [0.29, 0.717) is 10.9 Å². The van der Waals surface area contributed by atoms with Crippen molar-refractivity contribution in [3.8, 4) is 0 Å². The molecule has 0 fully saturated rings. The predicted molar refractivity (Wildman–Crippen MR) is 72.8 cm³/mol. The van der Waals surface area contributed by atoms with Gasteiger partial charge in [0.05, 0.1) is 4.47 Å². The highest BCUT2D eigenvalue weighted by Crippen LogP contribution is 2.27. The molecule has 0 radical (unpaired) electrons. The summed E-state index contributed by atoms with van der Waals surface area (Å²) in [5, 5.41) is 3.35. The lowest BCUT2D eigenvalue weighted by Gasteiger charge is -2.19. The van der Waals surface area contributed by atoms with Crippen molar-refractivity contribution < 1.29 is 4.39 Å². The molecule has 1 aromatic heterocycles. The molecule has 5 heteroatoms. The summed E-state index contributed by atoms with van der Waals surface area (Å²) < 4.78 is 14.1. The highest BCUT2D eigenvalue weighted by molar-refractivity contribution is 9.10. The van der Waals surface area contributed by atoms with E-state index >= 15 is 0 Å². The van der Waals surface area contributed by atoms with Gasteiger partial charge in [-0.25, -0.2) is 9.37 Å². The minimum absolute atomic E-state index is 0.0335. The quantitative estimate of drug-likeness (QED) is 0.890. The van der Waals surface area contributed by atoms with Gasteiger partial charge in [-0.15, -0.1) is 0 Å². The Balaban J connectivity index is 2.26. The molecule has 3 nitrogen and oxygen atoms in total. The van der Waals surface area contributed by atoms with Gasteiger partial charge in [-0.3, -0.25) is 0 Å². The Labute approximate surface area is 114 Å². The van der Waals surface area contributed by atoms with Crippen LogP contribution in [-0.4, -0.2) is 16.5 Å². The summed E-state index contributed by atoms with van der Waals surface area (Å²) in [4.78, 5) is 7.28. The van der Waals surface area contributed by atoms with E-state index in [-0.39, 0.29) is 11.9 Å². The van der Waals surface area contributed by atoms with Gasteiger partial charge in [0.2, 0.25) is 0 Å². The number of hydrogen-bond donors (Lipinski definition) is 2. The molecule has 0 saturated heterocycles. The van der Waals surface area contributed by atoms with Crippen LogP contribution in [0, 0.1) is 5.82 Å². The van der Waals surface area contributed by atoms with Crippen molar-refractivity contribution in [3.63, 3.8) is 0 Å². The Hall–Kier alpha value is -1.20. The number of benzene rings is 1. The zero-order valence-corrected chi connectivity index (χ0v) is 11.7. The Morgan fingerprint density at radius 1 is 1.50 bits per heavy atom. The largest absolute Gasteiger partial charge is 0.349 e. The van der Waals surface area contributed by atoms with Crippen LogP contribution < -0.4 is 5.32 Å². The molecule has 0 aliphatic rings. The van der Waals surface area contributed by atoms with Crippen LogP contribution in [0.4, 0.5) is 4.39 Å². The van der Waals surface area contributed by atoms with Crippen molar-refractivity contribution in [2.24, 2.45) is 0 Å². The van der Waals surface area contributed by atoms with E-state index in [1.807, 2.05) is 13.0 Å². The SMILES string of the molecule is CCNC(Cc1ncc[nH]1)c1cccc(F)c1Br. The summed E-state index contributed by atoms with van der Waals surface area (Å²) in [6.07, 6.45) is 4.21. The summed E-state index contributed by atoms with van der Waals surface area (Å²) in [5.41, 5.74) is 0.910. The van der Waals surface area contributed by atoms with Gasteiger partial charge in [-0.05, 0) is 34.1 Å². The molecule has 0 saturated carbocycles. The van der Waals surface area contributed by atoms with Crippen LogP contribution in [0.1, 0.15) is 24.4 Å². The lowest BCUT2D eigenvalue weighted by atomic mass is 10.0. The third-order valence-electron chi connectivity index (χ3n) is 2.76. The molecule has 1 atom stereocenters. The molecular formula is C13H15BrFN3. The van der Waals surface area contributed by atoms with E-state index in [4.69, 9.17) is 0 Å². The highest BCUT2D eigenvalue weighted by Gasteiger charge is 2.17. The number of nitrogens with one attached hydrogen (secondary N) is 2. The second-order valence-electron chi connectivity index (χ2n) is 3.99. The van der Waals surface area contributed by atoms with Crippen LogP contribution in [0.3, 0.4) is 0 Å². The standard InChI is InChI=1S/C13H15BrFN3/c1-2-16-11(8-12-17-6-7-18-12)9-4-3-5-10(15)13(9)14/h3-7,11,16H,2,8H2,1H3,(H,17,18). The van der Waals surface area contributed by atoms with Gasteiger partial charge in [0.1, 0.15) is 11.6 Å². The first-order valence-electron chi connectivity index (χ1n) is 5.88. The van der Waals surface area contributed by atoms with Crippen molar-refractivity contribution >= 4 is 15.9 Å². The lowest BCUT2D eigenvalue weighted by Crippen LogP contribution is -2.24. The summed E-state index contributed by atoms with van der Waals surface area (Å²) in [6, 6.07) is 5.13. The van der Waals surface area contributed by atoms with Gasteiger partial charge in [-0.2, -0.15) is 0 Å². The predicted octanol–water partition coefficient (Wildman–Crippen LogP) is 3.20. The number of rotatable bonds is 5. The van der Waals surface area contributed by atoms with Crippen LogP contribution in [0.15, 0.2) is 35.1 Å². The first kappa shape index (κ1) is 13.2. The minimum Gasteiger partial charge on any atom is -0.349 e. The Morgan fingerprint density at radius 2 is 2.33 bits per heavy atom. The number of imidazole rings is 1. The second kappa shape index (κ2) is 6.11. The van der Waals surface area contributed by atoms with Crippen LogP contribution in [-0.2, 0) is 6.42 Å². The highest BCUT2D eigenvalue weighted by atomic mass is 79.9. The number of hydrogen-bond acceptors (Lipinski definition) is 2. The van der Waals surface area contributed by atoms with E-state index in [9.17, 15) is 4.39 Å². The fourth-order valence-corrected chi connectivity index (χ4v) is 2.47. The molecule has 0 amide bonds. The van der Waals surface area contributed by atoms with Crippen molar-refractivity contribution in [2.75, 3.05) is 6.54 Å². The van der Waals surface area contributed by atoms with E-state index in [1.165, 1.54) is 6.07 Å². The van der Waals surface area contributed by atoms with Crippen molar-refractivity contribution in [1.29, 1.82) is 0 Å². The van der Waals surface area contributed by atoms with E-state index in [2.05, 4.69) is 31.2 Å². The summed E-state index contributed by atoms with van der Waals surface area (Å²) in [7, 11) is 0. The van der Waals surface area contributed by atoms with Gasteiger partial charge >= 0.3 is 0 Å². The monoisotopic (exact) mass is 311 g/mol. The smallest absolute Gasteiger partial charge is 0.137 e. The number of likely N-dealkylation sites (N-methyl/N-ethyl adjacent to an activating group) is 1. The second-order valence-corrected chi connectivity index (χ2v) is 4.79. The number of aromatic amines is 1. The first-order valence-corrected chi connectivity index (χ1v) is 6.67. The van der Waals surface area contributed by atoms with Crippen LogP contribution in [0.25, 0.3) is 0 Å². The van der Waals surface area contributed by atoms with Crippen LogP contribution in [0.2, 0.25) is 0 Å². The topological polar surface area (TPSA) is 40.7 Å². The maximum atomic E-state index is 13.6. The number of nitrogens with zero attached hydrogens (tertiary/aromatic N) is 1. The Bertz CT molecular complexity index is 499. The van der Waals surface area contributed by atoms with Crippen molar-refractivity contribution in [3.05, 3.63) is 52.3 Å². The van der Waals surface area contributed by atoms with Gasteiger partial charge < -0.3 is 10.3 Å². The van der Waals surface area contributed by atoms with E-state index in [0.717, 1.165) is 17.9 Å². The van der Waals surface area contributed by atoms with Gasteiger partial charge in [0.25, 0.3) is 0 Å². The zero-order valence-electron chi connectivity index (χ0n) is 10.1. The average Bonchev–Trinajstić information content (AvgIpc) is 2.85. The summed E-state index contributed by atoms with van der Waals surface area (Å²) >= 11 is 3.31. The van der Waals surface area contributed by atoms with E-state index in [1.54, 1.807) is 18.5 Å². The lowest BCUT2D eigenvalue weighted by molar-refractivity contribution is 0.529. The van der Waals surface area contributed by atoms with Gasteiger partial charge in [0.15, 0.2) is 0 Å². The third-order valence-corrected chi connectivity index (χ3v) is 3.60. The first-order chi connectivity index (χ1) is 8.72. The maximum Gasteiger partial charge on any atom is 0.137 e.